The van der Waals surface area contributed by atoms with Crippen molar-refractivity contribution < 1.29 is 17.9 Å². The third-order valence-corrected chi connectivity index (χ3v) is 4.84. The minimum absolute atomic E-state index is 0.0923. The molecule has 1 heterocycles. The molecular weight excluding hydrogens is 324 g/mol. The van der Waals surface area contributed by atoms with Gasteiger partial charge in [0.25, 0.3) is 0 Å². The Morgan fingerprint density at radius 3 is 2.59 bits per heavy atom. The minimum atomic E-state index is -3.42. The standard InChI is InChI=1S/C14H18N2O4S2/c1-19-7-8-20-9-11-22(17,18)16-13-4-2-12(3-5-13)14-15-6-10-21-14/h2-6,10,16H,7-9,11H2,1H3. The van der Waals surface area contributed by atoms with Gasteiger partial charge in [0.05, 0.1) is 25.6 Å². The van der Waals surface area contributed by atoms with Gasteiger partial charge in [0.2, 0.25) is 10.0 Å². The first-order valence-corrected chi connectivity index (χ1v) is 9.21. The lowest BCUT2D eigenvalue weighted by atomic mass is 10.2. The number of nitrogens with zero attached hydrogens (tertiary/aromatic N) is 1. The van der Waals surface area contributed by atoms with Crippen LogP contribution in [0.15, 0.2) is 35.8 Å². The second-order valence-electron chi connectivity index (χ2n) is 4.44. The maximum atomic E-state index is 11.9. The monoisotopic (exact) mass is 342 g/mol. The maximum Gasteiger partial charge on any atom is 0.234 e. The van der Waals surface area contributed by atoms with Crippen LogP contribution in [-0.2, 0) is 19.5 Å². The molecular formula is C14H18N2O4S2. The van der Waals surface area contributed by atoms with Crippen LogP contribution in [-0.4, -0.2) is 46.1 Å². The van der Waals surface area contributed by atoms with Crippen molar-refractivity contribution in [3.05, 3.63) is 35.8 Å². The fourth-order valence-corrected chi connectivity index (χ4v) is 3.27. The van der Waals surface area contributed by atoms with Crippen molar-refractivity contribution in [2.45, 2.75) is 0 Å². The molecule has 0 amide bonds. The molecule has 6 nitrogen and oxygen atoms in total. The number of hydrogen-bond acceptors (Lipinski definition) is 6. The van der Waals surface area contributed by atoms with E-state index in [9.17, 15) is 8.42 Å². The first-order chi connectivity index (χ1) is 10.6. The van der Waals surface area contributed by atoms with Crippen LogP contribution in [0.5, 0.6) is 0 Å². The van der Waals surface area contributed by atoms with Crippen LogP contribution >= 0.6 is 11.3 Å². The Hall–Kier alpha value is -1.48. The molecule has 0 saturated heterocycles. The number of aromatic nitrogens is 1. The van der Waals surface area contributed by atoms with Crippen LogP contribution in [0.4, 0.5) is 5.69 Å². The van der Waals surface area contributed by atoms with Gasteiger partial charge in [-0.1, -0.05) is 0 Å². The van der Waals surface area contributed by atoms with Crippen LogP contribution in [0.2, 0.25) is 0 Å². The zero-order valence-corrected chi connectivity index (χ0v) is 13.8. The number of sulfonamides is 1. The maximum absolute atomic E-state index is 11.9. The van der Waals surface area contributed by atoms with Gasteiger partial charge >= 0.3 is 0 Å². The van der Waals surface area contributed by atoms with E-state index in [2.05, 4.69) is 9.71 Å². The van der Waals surface area contributed by atoms with E-state index in [4.69, 9.17) is 9.47 Å². The lowest BCUT2D eigenvalue weighted by Gasteiger charge is -2.09. The number of benzene rings is 1. The van der Waals surface area contributed by atoms with Crippen LogP contribution in [0.1, 0.15) is 0 Å². The number of anilines is 1. The minimum Gasteiger partial charge on any atom is -0.382 e. The van der Waals surface area contributed by atoms with E-state index in [1.807, 2.05) is 17.5 Å². The fourth-order valence-electron chi connectivity index (χ4n) is 1.69. The van der Waals surface area contributed by atoms with Gasteiger partial charge in [-0.2, -0.15) is 0 Å². The topological polar surface area (TPSA) is 77.5 Å². The van der Waals surface area contributed by atoms with Crippen molar-refractivity contribution >= 4 is 27.0 Å². The van der Waals surface area contributed by atoms with E-state index in [1.54, 1.807) is 25.4 Å². The molecule has 0 unspecified atom stereocenters. The number of methoxy groups -OCH3 is 1. The summed E-state index contributed by atoms with van der Waals surface area (Å²) in [5.41, 5.74) is 1.48. The normalized spacial score (nSPS) is 11.5. The first-order valence-electron chi connectivity index (χ1n) is 6.68. The average Bonchev–Trinajstić information content (AvgIpc) is 3.01. The molecule has 2 aromatic rings. The van der Waals surface area contributed by atoms with Gasteiger partial charge in [-0.05, 0) is 24.3 Å². The predicted molar refractivity (Wildman–Crippen MR) is 87.7 cm³/mol. The summed E-state index contributed by atoms with van der Waals surface area (Å²) in [6, 6.07) is 7.12. The Morgan fingerprint density at radius 1 is 1.18 bits per heavy atom. The highest BCUT2D eigenvalue weighted by molar-refractivity contribution is 7.92. The van der Waals surface area contributed by atoms with E-state index in [-0.39, 0.29) is 12.4 Å². The zero-order valence-electron chi connectivity index (χ0n) is 12.2. The Labute approximate surface area is 134 Å². The summed E-state index contributed by atoms with van der Waals surface area (Å²) in [6.45, 7) is 0.968. The van der Waals surface area contributed by atoms with Gasteiger partial charge in [-0.25, -0.2) is 13.4 Å². The van der Waals surface area contributed by atoms with Crippen LogP contribution in [0.3, 0.4) is 0 Å². The van der Waals surface area contributed by atoms with Crippen molar-refractivity contribution in [1.29, 1.82) is 0 Å². The van der Waals surface area contributed by atoms with Crippen molar-refractivity contribution in [2.24, 2.45) is 0 Å². The highest BCUT2D eigenvalue weighted by Gasteiger charge is 2.10. The highest BCUT2D eigenvalue weighted by Crippen LogP contribution is 2.23. The van der Waals surface area contributed by atoms with Gasteiger partial charge in [-0.15, -0.1) is 11.3 Å². The Bertz CT molecular complexity index is 655. The SMILES string of the molecule is COCCOCCS(=O)(=O)Nc1ccc(-c2nccs2)cc1. The zero-order chi connectivity index (χ0) is 15.8. The molecule has 0 fully saturated rings. The fraction of sp³-hybridized carbons (Fsp3) is 0.357. The highest BCUT2D eigenvalue weighted by atomic mass is 32.2. The van der Waals surface area contributed by atoms with E-state index in [0.717, 1.165) is 10.6 Å². The molecule has 0 aliphatic carbocycles. The molecule has 0 spiro atoms. The van der Waals surface area contributed by atoms with Gasteiger partial charge in [-0.3, -0.25) is 4.72 Å². The predicted octanol–water partition coefficient (Wildman–Crippen LogP) is 2.21. The number of nitrogens with one attached hydrogen (secondary N) is 1. The molecule has 1 aromatic carbocycles. The largest absolute Gasteiger partial charge is 0.382 e. The molecule has 0 radical (unpaired) electrons. The number of ether oxygens (including phenoxy) is 2. The third-order valence-electron chi connectivity index (χ3n) is 2.77. The second-order valence-corrected chi connectivity index (χ2v) is 7.18. The van der Waals surface area contributed by atoms with E-state index >= 15 is 0 Å². The summed E-state index contributed by atoms with van der Waals surface area (Å²) in [5.74, 6) is -0.0923. The number of thiazole rings is 1. The smallest absolute Gasteiger partial charge is 0.234 e. The lowest BCUT2D eigenvalue weighted by molar-refractivity contribution is 0.0785. The summed E-state index contributed by atoms with van der Waals surface area (Å²) < 4.78 is 36.3. The van der Waals surface area contributed by atoms with Crippen LogP contribution in [0, 0.1) is 0 Å². The Kier molecular flexibility index (Phi) is 6.32. The summed E-state index contributed by atoms with van der Waals surface area (Å²) in [7, 11) is -1.85. The van der Waals surface area contributed by atoms with Crippen molar-refractivity contribution in [2.75, 3.05) is 37.4 Å². The quantitative estimate of drug-likeness (QED) is 0.707. The molecule has 8 heteroatoms. The van der Waals surface area contributed by atoms with E-state index in [1.165, 1.54) is 11.3 Å². The summed E-state index contributed by atoms with van der Waals surface area (Å²) in [6.07, 6.45) is 1.74. The summed E-state index contributed by atoms with van der Waals surface area (Å²) in [4.78, 5) is 4.21. The average molecular weight is 342 g/mol. The van der Waals surface area contributed by atoms with E-state index in [0.29, 0.717) is 18.9 Å². The Morgan fingerprint density at radius 2 is 1.95 bits per heavy atom. The van der Waals surface area contributed by atoms with Gasteiger partial charge in [0, 0.05) is 29.9 Å². The molecule has 0 saturated carbocycles. The van der Waals surface area contributed by atoms with Gasteiger partial charge < -0.3 is 9.47 Å². The molecule has 0 aliphatic rings. The molecule has 0 atom stereocenters. The van der Waals surface area contributed by atoms with Crippen molar-refractivity contribution in [3.63, 3.8) is 0 Å². The van der Waals surface area contributed by atoms with Crippen LogP contribution < -0.4 is 4.72 Å². The van der Waals surface area contributed by atoms with Crippen LogP contribution in [0.25, 0.3) is 10.6 Å². The lowest BCUT2D eigenvalue weighted by Crippen LogP contribution is -2.20. The second kappa shape index (κ2) is 8.23. The molecule has 0 bridgehead atoms. The summed E-state index contributed by atoms with van der Waals surface area (Å²) in [5, 5.41) is 2.80. The van der Waals surface area contributed by atoms with Crippen molar-refractivity contribution in [1.82, 2.24) is 4.98 Å². The molecule has 1 N–H and O–H groups in total. The molecule has 120 valence electrons. The number of hydrogen-bond donors (Lipinski definition) is 1. The van der Waals surface area contributed by atoms with Gasteiger partial charge in [0.15, 0.2) is 0 Å². The Balaban J connectivity index is 1.87. The third kappa shape index (κ3) is 5.38. The summed E-state index contributed by atoms with van der Waals surface area (Å²) >= 11 is 1.54. The van der Waals surface area contributed by atoms with E-state index < -0.39 is 10.0 Å². The number of rotatable bonds is 9. The first kappa shape index (κ1) is 16.9. The molecule has 0 aliphatic heterocycles. The molecule has 22 heavy (non-hydrogen) atoms. The van der Waals surface area contributed by atoms with Gasteiger partial charge in [0.1, 0.15) is 5.01 Å². The van der Waals surface area contributed by atoms with Crippen molar-refractivity contribution in [3.8, 4) is 10.6 Å². The molecule has 2 rings (SSSR count). The molecule has 1 aromatic heterocycles.